The van der Waals surface area contributed by atoms with Crippen LogP contribution in [0.5, 0.6) is 0 Å². The van der Waals surface area contributed by atoms with E-state index in [0.717, 1.165) is 45.2 Å². The molecule has 2 N–H and O–H groups in total. The first-order valence-electron chi connectivity index (χ1n) is 11.1. The highest BCUT2D eigenvalue weighted by Crippen LogP contribution is 2.25. The summed E-state index contributed by atoms with van der Waals surface area (Å²) in [5.74, 6) is -0.249. The molecular weight excluding hydrogens is 442 g/mol. The Bertz CT molecular complexity index is 1530. The first-order chi connectivity index (χ1) is 16.5. The predicted octanol–water partition coefficient (Wildman–Crippen LogP) is 5.57. The Morgan fingerprint density at radius 3 is 2.41 bits per heavy atom. The average Bonchev–Trinajstić information content (AvgIpc) is 3.26. The van der Waals surface area contributed by atoms with E-state index in [9.17, 15) is 4.79 Å². The zero-order valence-corrected chi connectivity index (χ0v) is 19.7. The molecule has 0 aliphatic heterocycles. The molecule has 34 heavy (non-hydrogen) atoms. The van der Waals surface area contributed by atoms with Gasteiger partial charge in [0.1, 0.15) is 11.0 Å². The van der Waals surface area contributed by atoms with Crippen LogP contribution < -0.4 is 10.6 Å². The third-order valence-electron chi connectivity index (χ3n) is 5.81. The average molecular weight is 466 g/mol. The van der Waals surface area contributed by atoms with Crippen molar-refractivity contribution in [2.24, 2.45) is 0 Å². The summed E-state index contributed by atoms with van der Waals surface area (Å²) in [5.41, 5.74) is 5.88. The molecule has 1 amide bonds. The zero-order valence-electron chi connectivity index (χ0n) is 18.9. The fraction of sp³-hybridized carbons (Fsp3) is 0.111. The van der Waals surface area contributed by atoms with Crippen LogP contribution in [0.2, 0.25) is 0 Å². The minimum Gasteiger partial charge on any atom is -0.332 e. The Balaban J connectivity index is 1.38. The Morgan fingerprint density at radius 1 is 0.941 bits per heavy atom. The van der Waals surface area contributed by atoms with Crippen LogP contribution in [0.3, 0.4) is 0 Å². The first kappa shape index (κ1) is 21.7. The van der Waals surface area contributed by atoms with Crippen LogP contribution in [0.25, 0.3) is 27.5 Å². The van der Waals surface area contributed by atoms with E-state index < -0.39 is 0 Å². The minimum atomic E-state index is -0.249. The fourth-order valence-electron chi connectivity index (χ4n) is 3.91. The summed E-state index contributed by atoms with van der Waals surface area (Å²) < 4.78 is 0. The number of anilines is 1. The quantitative estimate of drug-likeness (QED) is 0.340. The fourth-order valence-corrected chi connectivity index (χ4v) is 4.12. The van der Waals surface area contributed by atoms with E-state index in [1.165, 1.54) is 5.56 Å². The molecule has 0 spiro atoms. The van der Waals surface area contributed by atoms with Crippen LogP contribution in [0.1, 0.15) is 28.4 Å². The third kappa shape index (κ3) is 4.25. The van der Waals surface area contributed by atoms with E-state index in [2.05, 4.69) is 35.8 Å². The number of amides is 1. The number of nitrogens with zero attached hydrogens (tertiary/aromatic N) is 3. The number of hydrogen-bond acceptors (Lipinski definition) is 4. The molecule has 0 unspecified atom stereocenters. The topological polar surface area (TPSA) is 71.8 Å². The summed E-state index contributed by atoms with van der Waals surface area (Å²) in [7, 11) is 0. The maximum atomic E-state index is 12.5. The highest BCUT2D eigenvalue weighted by molar-refractivity contribution is 7.80. The lowest BCUT2D eigenvalue weighted by Gasteiger charge is -2.12. The molecule has 4 aromatic carbocycles. The van der Waals surface area contributed by atoms with Crippen molar-refractivity contribution < 1.29 is 4.79 Å². The molecule has 0 saturated carbocycles. The standard InChI is InChI=1S/C27H23N5OS/c1-3-18-11-13-20(14-12-18)26(33)29-27(34)28-22-16-24-23(15-17(22)2)30-32(31-24)25-10-6-8-19-7-4-5-9-21(19)25/h4-16H,3H2,1-2H3,(H2,28,29,33,34). The van der Waals surface area contributed by atoms with Gasteiger partial charge in [-0.15, -0.1) is 15.0 Å². The molecule has 5 aromatic rings. The molecule has 0 aliphatic carbocycles. The second kappa shape index (κ2) is 9.03. The number of fused-ring (bicyclic) bond motifs is 2. The molecule has 0 fully saturated rings. The number of benzene rings is 4. The van der Waals surface area contributed by atoms with E-state index in [4.69, 9.17) is 22.4 Å². The van der Waals surface area contributed by atoms with Crippen molar-refractivity contribution in [2.75, 3.05) is 5.32 Å². The van der Waals surface area contributed by atoms with Gasteiger partial charge in [-0.3, -0.25) is 10.1 Å². The molecule has 0 saturated heterocycles. The SMILES string of the molecule is CCc1ccc(C(=O)NC(=S)Nc2cc3nn(-c4cccc5ccccc45)nc3cc2C)cc1. The molecular formula is C27H23N5OS. The van der Waals surface area contributed by atoms with Crippen molar-refractivity contribution in [1.82, 2.24) is 20.3 Å². The summed E-state index contributed by atoms with van der Waals surface area (Å²) in [6.07, 6.45) is 0.925. The van der Waals surface area contributed by atoms with Crippen molar-refractivity contribution in [3.63, 3.8) is 0 Å². The van der Waals surface area contributed by atoms with Crippen molar-refractivity contribution in [3.8, 4) is 5.69 Å². The van der Waals surface area contributed by atoms with E-state index in [0.29, 0.717) is 5.56 Å². The summed E-state index contributed by atoms with van der Waals surface area (Å²) in [5, 5.41) is 17.7. The van der Waals surface area contributed by atoms with Crippen LogP contribution in [0, 0.1) is 6.92 Å². The molecule has 6 nitrogen and oxygen atoms in total. The summed E-state index contributed by atoms with van der Waals surface area (Å²) in [6.45, 7) is 4.04. The summed E-state index contributed by atoms with van der Waals surface area (Å²) >= 11 is 5.39. The van der Waals surface area contributed by atoms with Gasteiger partial charge in [-0.2, -0.15) is 0 Å². The lowest BCUT2D eigenvalue weighted by Crippen LogP contribution is -2.34. The Labute approximate surface area is 202 Å². The summed E-state index contributed by atoms with van der Waals surface area (Å²) in [4.78, 5) is 14.2. The van der Waals surface area contributed by atoms with Crippen molar-refractivity contribution in [2.45, 2.75) is 20.3 Å². The van der Waals surface area contributed by atoms with Gasteiger partial charge in [0.25, 0.3) is 5.91 Å². The van der Waals surface area contributed by atoms with Gasteiger partial charge in [-0.25, -0.2) is 0 Å². The number of aromatic nitrogens is 3. The molecule has 0 radical (unpaired) electrons. The van der Waals surface area contributed by atoms with Crippen LogP contribution in [0.4, 0.5) is 5.69 Å². The highest BCUT2D eigenvalue weighted by atomic mass is 32.1. The van der Waals surface area contributed by atoms with Crippen LogP contribution >= 0.6 is 12.2 Å². The van der Waals surface area contributed by atoms with Crippen molar-refractivity contribution in [1.29, 1.82) is 0 Å². The Hall–Kier alpha value is -4.10. The number of carbonyl (C=O) groups excluding carboxylic acids is 1. The molecule has 0 atom stereocenters. The largest absolute Gasteiger partial charge is 0.332 e. The zero-order chi connectivity index (χ0) is 23.7. The normalized spacial score (nSPS) is 11.0. The number of rotatable bonds is 4. The van der Waals surface area contributed by atoms with Crippen LogP contribution in [0.15, 0.2) is 78.9 Å². The second-order valence-corrected chi connectivity index (χ2v) is 8.51. The van der Waals surface area contributed by atoms with Crippen molar-refractivity contribution >= 4 is 50.7 Å². The van der Waals surface area contributed by atoms with E-state index in [1.807, 2.05) is 55.5 Å². The highest BCUT2D eigenvalue weighted by Gasteiger charge is 2.13. The Morgan fingerprint density at radius 2 is 1.65 bits per heavy atom. The van der Waals surface area contributed by atoms with E-state index >= 15 is 0 Å². The van der Waals surface area contributed by atoms with Gasteiger partial charge in [-0.05, 0) is 72.4 Å². The van der Waals surface area contributed by atoms with Gasteiger partial charge in [0, 0.05) is 16.6 Å². The maximum Gasteiger partial charge on any atom is 0.257 e. The first-order valence-corrected chi connectivity index (χ1v) is 11.5. The van der Waals surface area contributed by atoms with Gasteiger partial charge in [0.2, 0.25) is 0 Å². The maximum absolute atomic E-state index is 12.5. The third-order valence-corrected chi connectivity index (χ3v) is 6.01. The molecule has 5 rings (SSSR count). The summed E-state index contributed by atoms with van der Waals surface area (Å²) in [6, 6.07) is 25.6. The second-order valence-electron chi connectivity index (χ2n) is 8.10. The minimum absolute atomic E-state index is 0.230. The number of nitrogens with one attached hydrogen (secondary N) is 2. The molecule has 1 aromatic heterocycles. The van der Waals surface area contributed by atoms with Crippen LogP contribution in [-0.2, 0) is 6.42 Å². The van der Waals surface area contributed by atoms with Crippen LogP contribution in [-0.4, -0.2) is 26.0 Å². The van der Waals surface area contributed by atoms with Gasteiger partial charge in [0.05, 0.1) is 5.69 Å². The van der Waals surface area contributed by atoms with Gasteiger partial charge >= 0.3 is 0 Å². The molecule has 0 aliphatic rings. The molecule has 0 bridgehead atoms. The number of aryl methyl sites for hydroxylation is 2. The Kier molecular flexibility index (Phi) is 5.77. The van der Waals surface area contributed by atoms with Crippen molar-refractivity contribution in [3.05, 3.63) is 95.6 Å². The lowest BCUT2D eigenvalue weighted by atomic mass is 10.1. The van der Waals surface area contributed by atoms with Gasteiger partial charge < -0.3 is 5.32 Å². The van der Waals surface area contributed by atoms with Gasteiger partial charge in [0.15, 0.2) is 5.11 Å². The lowest BCUT2D eigenvalue weighted by molar-refractivity contribution is 0.0977. The number of thiocarbonyl (C=S) groups is 1. The monoisotopic (exact) mass is 465 g/mol. The molecule has 168 valence electrons. The number of hydrogen-bond donors (Lipinski definition) is 2. The molecule has 7 heteroatoms. The smallest absolute Gasteiger partial charge is 0.257 e. The predicted molar refractivity (Wildman–Crippen MR) is 141 cm³/mol. The van der Waals surface area contributed by atoms with Gasteiger partial charge in [-0.1, -0.05) is 55.5 Å². The van der Waals surface area contributed by atoms with E-state index in [1.54, 1.807) is 16.9 Å². The molecule has 1 heterocycles. The van der Waals surface area contributed by atoms with E-state index in [-0.39, 0.29) is 11.0 Å². The number of carbonyl (C=O) groups is 1.